The summed E-state index contributed by atoms with van der Waals surface area (Å²) in [5.74, 6) is 2.25. The standard InChI is InChI=1S/C26H25BrCl2N4O/c1-2-6-22-23(26-32-31-25(34-26)16-7-4-3-5-8-16)30-24(20-14-11-18(28)15-21(20)29)33(22)19-12-9-17(27)10-13-19/h9-16H,2-8H2,1H3. The van der Waals surface area contributed by atoms with Gasteiger partial charge in [0, 0.05) is 26.7 Å². The number of hydrogen-bond donors (Lipinski definition) is 0. The van der Waals surface area contributed by atoms with E-state index in [9.17, 15) is 0 Å². The molecule has 2 heterocycles. The fourth-order valence-electron chi connectivity index (χ4n) is 4.66. The van der Waals surface area contributed by atoms with Crippen molar-refractivity contribution in [2.45, 2.75) is 57.8 Å². The highest BCUT2D eigenvalue weighted by Crippen LogP contribution is 2.38. The van der Waals surface area contributed by atoms with Crippen LogP contribution in [0.25, 0.3) is 28.7 Å². The molecule has 1 fully saturated rings. The van der Waals surface area contributed by atoms with Crippen molar-refractivity contribution >= 4 is 39.1 Å². The van der Waals surface area contributed by atoms with Gasteiger partial charge in [-0.05, 0) is 61.7 Å². The van der Waals surface area contributed by atoms with Gasteiger partial charge in [-0.1, -0.05) is 71.7 Å². The molecule has 0 amide bonds. The van der Waals surface area contributed by atoms with E-state index in [0.29, 0.717) is 27.5 Å². The Labute approximate surface area is 217 Å². The normalized spacial score (nSPS) is 14.6. The molecule has 1 saturated carbocycles. The molecule has 0 unspecified atom stereocenters. The maximum absolute atomic E-state index is 6.64. The number of nitrogens with zero attached hydrogens (tertiary/aromatic N) is 4. The van der Waals surface area contributed by atoms with Gasteiger partial charge in [0.1, 0.15) is 11.5 Å². The summed E-state index contributed by atoms with van der Waals surface area (Å²) in [6.45, 7) is 2.15. The Morgan fingerprint density at radius 3 is 2.50 bits per heavy atom. The second-order valence-electron chi connectivity index (χ2n) is 8.70. The van der Waals surface area contributed by atoms with Crippen LogP contribution in [0.2, 0.25) is 10.0 Å². The summed E-state index contributed by atoms with van der Waals surface area (Å²) < 4.78 is 9.40. The zero-order chi connectivity index (χ0) is 23.7. The minimum atomic E-state index is 0.336. The van der Waals surface area contributed by atoms with Gasteiger partial charge in [0.05, 0.1) is 10.7 Å². The predicted molar refractivity (Wildman–Crippen MR) is 140 cm³/mol. The molecule has 34 heavy (non-hydrogen) atoms. The predicted octanol–water partition coefficient (Wildman–Crippen LogP) is 8.66. The number of hydrogen-bond acceptors (Lipinski definition) is 4. The van der Waals surface area contributed by atoms with E-state index in [4.69, 9.17) is 32.6 Å². The summed E-state index contributed by atoms with van der Waals surface area (Å²) in [5, 5.41) is 9.99. The van der Waals surface area contributed by atoms with E-state index in [1.807, 2.05) is 24.3 Å². The smallest absolute Gasteiger partial charge is 0.268 e. The van der Waals surface area contributed by atoms with Crippen molar-refractivity contribution in [3.8, 4) is 28.7 Å². The van der Waals surface area contributed by atoms with Crippen LogP contribution in [0.3, 0.4) is 0 Å². The van der Waals surface area contributed by atoms with Crippen LogP contribution in [-0.2, 0) is 6.42 Å². The van der Waals surface area contributed by atoms with Gasteiger partial charge in [-0.25, -0.2) is 4.98 Å². The second kappa shape index (κ2) is 10.2. The molecular formula is C26H25BrCl2N4O. The number of rotatable bonds is 6. The molecule has 5 rings (SSSR count). The minimum Gasteiger partial charge on any atom is -0.419 e. The Kier molecular flexibility index (Phi) is 7.09. The summed E-state index contributed by atoms with van der Waals surface area (Å²) in [6.07, 6.45) is 7.63. The van der Waals surface area contributed by atoms with E-state index in [0.717, 1.165) is 58.8 Å². The summed E-state index contributed by atoms with van der Waals surface area (Å²) in [5.41, 5.74) is 3.51. The van der Waals surface area contributed by atoms with Crippen LogP contribution < -0.4 is 0 Å². The third kappa shape index (κ3) is 4.68. The molecular weight excluding hydrogens is 535 g/mol. The molecule has 0 atom stereocenters. The van der Waals surface area contributed by atoms with Crippen molar-refractivity contribution in [1.29, 1.82) is 0 Å². The second-order valence-corrected chi connectivity index (χ2v) is 10.5. The molecule has 1 aliphatic rings. The molecule has 8 heteroatoms. The van der Waals surface area contributed by atoms with Gasteiger partial charge in [0.15, 0.2) is 0 Å². The Bertz CT molecular complexity index is 1290. The van der Waals surface area contributed by atoms with Crippen LogP contribution in [0.5, 0.6) is 0 Å². The van der Waals surface area contributed by atoms with E-state index in [1.54, 1.807) is 6.07 Å². The van der Waals surface area contributed by atoms with E-state index in [2.05, 4.69) is 49.8 Å². The topological polar surface area (TPSA) is 56.7 Å². The van der Waals surface area contributed by atoms with Gasteiger partial charge in [0.2, 0.25) is 5.89 Å². The Morgan fingerprint density at radius 2 is 1.79 bits per heavy atom. The van der Waals surface area contributed by atoms with Gasteiger partial charge in [-0.15, -0.1) is 10.2 Å². The van der Waals surface area contributed by atoms with Crippen molar-refractivity contribution in [2.24, 2.45) is 0 Å². The molecule has 5 nitrogen and oxygen atoms in total. The fraction of sp³-hybridized carbons (Fsp3) is 0.346. The largest absolute Gasteiger partial charge is 0.419 e. The van der Waals surface area contributed by atoms with Crippen molar-refractivity contribution in [1.82, 2.24) is 19.7 Å². The van der Waals surface area contributed by atoms with Gasteiger partial charge in [-0.2, -0.15) is 0 Å². The zero-order valence-corrected chi connectivity index (χ0v) is 22.0. The highest BCUT2D eigenvalue weighted by Gasteiger charge is 2.27. The maximum atomic E-state index is 6.64. The zero-order valence-electron chi connectivity index (χ0n) is 18.9. The van der Waals surface area contributed by atoms with Crippen molar-refractivity contribution < 1.29 is 4.42 Å². The first kappa shape index (κ1) is 23.6. The third-order valence-electron chi connectivity index (χ3n) is 6.31. The lowest BCUT2D eigenvalue weighted by molar-refractivity contribution is 0.367. The Morgan fingerprint density at radius 1 is 1.03 bits per heavy atom. The Balaban J connectivity index is 1.69. The van der Waals surface area contributed by atoms with Crippen molar-refractivity contribution in [3.05, 3.63) is 68.6 Å². The quantitative estimate of drug-likeness (QED) is 0.237. The highest BCUT2D eigenvalue weighted by atomic mass is 79.9. The molecule has 0 saturated heterocycles. The number of aromatic nitrogens is 4. The van der Waals surface area contributed by atoms with E-state index in [-0.39, 0.29) is 0 Å². The molecule has 176 valence electrons. The van der Waals surface area contributed by atoms with Crippen LogP contribution in [0.1, 0.15) is 63.0 Å². The van der Waals surface area contributed by atoms with Gasteiger partial charge in [-0.3, -0.25) is 4.57 Å². The van der Waals surface area contributed by atoms with Crippen molar-refractivity contribution in [3.63, 3.8) is 0 Å². The molecule has 0 radical (unpaired) electrons. The molecule has 0 N–H and O–H groups in total. The van der Waals surface area contributed by atoms with Crippen LogP contribution in [0.4, 0.5) is 0 Å². The molecule has 4 aromatic rings. The van der Waals surface area contributed by atoms with Gasteiger partial charge < -0.3 is 4.42 Å². The lowest BCUT2D eigenvalue weighted by atomic mass is 9.89. The van der Waals surface area contributed by atoms with Crippen LogP contribution >= 0.6 is 39.1 Å². The third-order valence-corrected chi connectivity index (χ3v) is 7.39. The highest BCUT2D eigenvalue weighted by molar-refractivity contribution is 9.10. The van der Waals surface area contributed by atoms with E-state index in [1.165, 1.54) is 19.3 Å². The number of benzene rings is 2. The lowest BCUT2D eigenvalue weighted by Crippen LogP contribution is -2.04. The average molecular weight is 560 g/mol. The van der Waals surface area contributed by atoms with Gasteiger partial charge in [0.25, 0.3) is 5.89 Å². The first-order valence-electron chi connectivity index (χ1n) is 11.7. The van der Waals surface area contributed by atoms with Crippen LogP contribution in [0.15, 0.2) is 51.4 Å². The fourth-order valence-corrected chi connectivity index (χ4v) is 5.41. The molecule has 1 aliphatic carbocycles. The SMILES string of the molecule is CCCc1c(-c2nnc(C3CCCCC3)o2)nc(-c2ccc(Cl)cc2Cl)n1-c1ccc(Br)cc1. The summed E-state index contributed by atoms with van der Waals surface area (Å²) >= 11 is 16.4. The molecule has 0 bridgehead atoms. The first-order chi connectivity index (χ1) is 16.5. The number of halogens is 3. The molecule has 0 spiro atoms. The lowest BCUT2D eigenvalue weighted by Gasteiger charge is -2.17. The van der Waals surface area contributed by atoms with Crippen LogP contribution in [-0.4, -0.2) is 19.7 Å². The molecule has 2 aromatic carbocycles. The Hall–Kier alpha value is -2.15. The molecule has 0 aliphatic heterocycles. The van der Waals surface area contributed by atoms with E-state index < -0.39 is 0 Å². The average Bonchev–Trinajstić information content (AvgIpc) is 3.46. The van der Waals surface area contributed by atoms with E-state index >= 15 is 0 Å². The summed E-state index contributed by atoms with van der Waals surface area (Å²) in [4.78, 5) is 5.04. The molecule has 2 aromatic heterocycles. The first-order valence-corrected chi connectivity index (χ1v) is 13.3. The summed E-state index contributed by atoms with van der Waals surface area (Å²) in [7, 11) is 0. The summed E-state index contributed by atoms with van der Waals surface area (Å²) in [6, 6.07) is 13.6. The maximum Gasteiger partial charge on any atom is 0.268 e. The van der Waals surface area contributed by atoms with Crippen molar-refractivity contribution in [2.75, 3.05) is 0 Å². The van der Waals surface area contributed by atoms with Gasteiger partial charge >= 0.3 is 0 Å². The van der Waals surface area contributed by atoms with Crippen LogP contribution in [0, 0.1) is 0 Å². The number of imidazole rings is 1. The monoisotopic (exact) mass is 558 g/mol. The minimum absolute atomic E-state index is 0.336.